The Morgan fingerprint density at radius 1 is 1.64 bits per heavy atom. The van der Waals surface area contributed by atoms with Crippen LogP contribution in [0.15, 0.2) is 36.2 Å². The molecule has 0 amide bonds. The van der Waals surface area contributed by atoms with Gasteiger partial charge in [-0.3, -0.25) is 0 Å². The highest BCUT2D eigenvalue weighted by Crippen LogP contribution is 2.02. The Labute approximate surface area is 67.1 Å². The summed E-state index contributed by atoms with van der Waals surface area (Å²) in [5, 5.41) is 0. The van der Waals surface area contributed by atoms with E-state index in [2.05, 4.69) is 12.5 Å². The van der Waals surface area contributed by atoms with E-state index in [1.165, 1.54) is 13.0 Å². The fourth-order valence-corrected chi connectivity index (χ4v) is 0.546. The van der Waals surface area contributed by atoms with Crippen LogP contribution in [0.25, 0.3) is 0 Å². The van der Waals surface area contributed by atoms with Gasteiger partial charge in [0.05, 0.1) is 5.83 Å². The van der Waals surface area contributed by atoms with E-state index in [9.17, 15) is 4.39 Å². The molecule has 0 saturated carbocycles. The average Bonchev–Trinajstić information content (AvgIpc) is 1.97. The standard InChI is InChI=1S/C10H11F/c1-4-6-10(5-2)8-7-9(3)11/h2,4,7-8H,1,6H2,3H3/b9-7+,10-8+. The Hall–Kier alpha value is -1.29. The molecule has 0 unspecified atom stereocenters. The summed E-state index contributed by atoms with van der Waals surface area (Å²) in [6, 6.07) is 0. The molecule has 0 radical (unpaired) electrons. The SMILES string of the molecule is C#C/C(=C\C=C(/C)F)CC=C. The minimum Gasteiger partial charge on any atom is -0.212 e. The summed E-state index contributed by atoms with van der Waals surface area (Å²) in [5.74, 6) is 2.19. The summed E-state index contributed by atoms with van der Waals surface area (Å²) in [6.07, 6.45) is 10.4. The lowest BCUT2D eigenvalue weighted by Gasteiger charge is -1.89. The minimum atomic E-state index is -0.248. The summed E-state index contributed by atoms with van der Waals surface area (Å²) in [4.78, 5) is 0. The first-order valence-electron chi connectivity index (χ1n) is 3.31. The van der Waals surface area contributed by atoms with Gasteiger partial charge in [0.1, 0.15) is 0 Å². The highest BCUT2D eigenvalue weighted by Gasteiger charge is 1.85. The molecule has 0 aromatic rings. The quantitative estimate of drug-likeness (QED) is 0.329. The van der Waals surface area contributed by atoms with E-state index < -0.39 is 0 Å². The molecule has 0 aliphatic rings. The molecule has 0 fully saturated rings. The van der Waals surface area contributed by atoms with Gasteiger partial charge in [-0.2, -0.15) is 0 Å². The molecule has 0 heterocycles. The molecule has 0 atom stereocenters. The van der Waals surface area contributed by atoms with Crippen LogP contribution in [0.3, 0.4) is 0 Å². The summed E-state index contributed by atoms with van der Waals surface area (Å²) >= 11 is 0. The Balaban J connectivity index is 4.26. The van der Waals surface area contributed by atoms with Crippen molar-refractivity contribution in [2.75, 3.05) is 0 Å². The van der Waals surface area contributed by atoms with Gasteiger partial charge in [-0.1, -0.05) is 12.0 Å². The molecule has 0 bridgehead atoms. The zero-order valence-electron chi connectivity index (χ0n) is 6.60. The number of hydrogen-bond donors (Lipinski definition) is 0. The molecule has 1 heteroatoms. The molecular formula is C10H11F. The van der Waals surface area contributed by atoms with Gasteiger partial charge in [0, 0.05) is 5.57 Å². The lowest BCUT2D eigenvalue weighted by atomic mass is 10.2. The van der Waals surface area contributed by atoms with Gasteiger partial charge in [0.15, 0.2) is 0 Å². The first kappa shape index (κ1) is 9.71. The highest BCUT2D eigenvalue weighted by molar-refractivity contribution is 5.31. The van der Waals surface area contributed by atoms with Crippen LogP contribution in [0, 0.1) is 12.3 Å². The van der Waals surface area contributed by atoms with Crippen molar-refractivity contribution in [3.8, 4) is 12.3 Å². The van der Waals surface area contributed by atoms with Crippen molar-refractivity contribution in [2.24, 2.45) is 0 Å². The minimum absolute atomic E-state index is 0.248. The third kappa shape index (κ3) is 5.17. The monoisotopic (exact) mass is 150 g/mol. The summed E-state index contributed by atoms with van der Waals surface area (Å²) in [6.45, 7) is 4.90. The van der Waals surface area contributed by atoms with Crippen LogP contribution >= 0.6 is 0 Å². The maximum Gasteiger partial charge on any atom is 0.0969 e. The van der Waals surface area contributed by atoms with Crippen molar-refractivity contribution < 1.29 is 4.39 Å². The molecule has 0 aromatic heterocycles. The van der Waals surface area contributed by atoms with Gasteiger partial charge in [-0.25, -0.2) is 4.39 Å². The van der Waals surface area contributed by atoms with Crippen LogP contribution in [0.2, 0.25) is 0 Å². The van der Waals surface area contributed by atoms with E-state index in [0.717, 1.165) is 5.57 Å². The largest absolute Gasteiger partial charge is 0.212 e. The van der Waals surface area contributed by atoms with E-state index in [1.807, 2.05) is 0 Å². The van der Waals surface area contributed by atoms with Gasteiger partial charge < -0.3 is 0 Å². The Bertz CT molecular complexity index is 222. The van der Waals surface area contributed by atoms with Crippen molar-refractivity contribution in [3.63, 3.8) is 0 Å². The Morgan fingerprint density at radius 3 is 2.64 bits per heavy atom. The number of allylic oxidation sites excluding steroid dienone is 5. The summed E-state index contributed by atoms with van der Waals surface area (Å²) in [5.41, 5.74) is 0.733. The first-order valence-corrected chi connectivity index (χ1v) is 3.31. The van der Waals surface area contributed by atoms with Crippen LogP contribution < -0.4 is 0 Å². The smallest absolute Gasteiger partial charge is 0.0969 e. The van der Waals surface area contributed by atoms with E-state index in [0.29, 0.717) is 6.42 Å². The molecule has 0 aromatic carbocycles. The van der Waals surface area contributed by atoms with Crippen molar-refractivity contribution >= 4 is 0 Å². The zero-order valence-corrected chi connectivity index (χ0v) is 6.60. The average molecular weight is 150 g/mol. The van der Waals surface area contributed by atoms with Gasteiger partial charge >= 0.3 is 0 Å². The predicted octanol–water partition coefficient (Wildman–Crippen LogP) is 3.00. The highest BCUT2D eigenvalue weighted by atomic mass is 19.1. The number of terminal acetylenes is 1. The number of halogens is 1. The third-order valence-corrected chi connectivity index (χ3v) is 1.06. The fourth-order valence-electron chi connectivity index (χ4n) is 0.546. The lowest BCUT2D eigenvalue weighted by molar-refractivity contribution is 0.640. The Kier molecular flexibility index (Phi) is 4.85. The zero-order chi connectivity index (χ0) is 8.69. The van der Waals surface area contributed by atoms with Crippen LogP contribution in [0.1, 0.15) is 13.3 Å². The van der Waals surface area contributed by atoms with Crippen molar-refractivity contribution in [1.82, 2.24) is 0 Å². The van der Waals surface area contributed by atoms with Gasteiger partial charge in [-0.15, -0.1) is 13.0 Å². The molecule has 0 nitrogen and oxygen atoms in total. The van der Waals surface area contributed by atoms with Crippen LogP contribution in [-0.2, 0) is 0 Å². The molecule has 0 aliphatic heterocycles. The number of hydrogen-bond acceptors (Lipinski definition) is 0. The number of rotatable bonds is 3. The van der Waals surface area contributed by atoms with Crippen LogP contribution in [0.5, 0.6) is 0 Å². The summed E-state index contributed by atoms with van der Waals surface area (Å²) in [7, 11) is 0. The Morgan fingerprint density at radius 2 is 2.27 bits per heavy atom. The first-order chi connectivity index (χ1) is 5.20. The molecule has 0 spiro atoms. The maximum atomic E-state index is 12.2. The molecule has 0 N–H and O–H groups in total. The van der Waals surface area contributed by atoms with Crippen molar-refractivity contribution in [2.45, 2.75) is 13.3 Å². The van der Waals surface area contributed by atoms with E-state index in [-0.39, 0.29) is 5.83 Å². The van der Waals surface area contributed by atoms with E-state index in [4.69, 9.17) is 6.42 Å². The molecule has 0 rings (SSSR count). The van der Waals surface area contributed by atoms with Crippen molar-refractivity contribution in [1.29, 1.82) is 0 Å². The van der Waals surface area contributed by atoms with Crippen LogP contribution in [-0.4, -0.2) is 0 Å². The third-order valence-electron chi connectivity index (χ3n) is 1.06. The van der Waals surface area contributed by atoms with Gasteiger partial charge in [-0.05, 0) is 25.5 Å². The lowest BCUT2D eigenvalue weighted by Crippen LogP contribution is -1.73. The predicted molar refractivity (Wildman–Crippen MR) is 46.6 cm³/mol. The molecular weight excluding hydrogens is 139 g/mol. The second kappa shape index (κ2) is 5.49. The van der Waals surface area contributed by atoms with Crippen LogP contribution in [0.4, 0.5) is 4.39 Å². The molecule has 0 saturated heterocycles. The summed E-state index contributed by atoms with van der Waals surface area (Å²) < 4.78 is 12.2. The van der Waals surface area contributed by atoms with Gasteiger partial charge in [0.2, 0.25) is 0 Å². The second-order valence-electron chi connectivity index (χ2n) is 2.08. The van der Waals surface area contributed by atoms with Gasteiger partial charge in [0.25, 0.3) is 0 Å². The topological polar surface area (TPSA) is 0 Å². The fraction of sp³-hybridized carbons (Fsp3) is 0.200. The normalized spacial score (nSPS) is 12.5. The molecule has 11 heavy (non-hydrogen) atoms. The molecule has 58 valence electrons. The second-order valence-corrected chi connectivity index (χ2v) is 2.08. The van der Waals surface area contributed by atoms with E-state index >= 15 is 0 Å². The maximum absolute atomic E-state index is 12.2. The molecule has 0 aliphatic carbocycles. The van der Waals surface area contributed by atoms with Crippen molar-refractivity contribution in [3.05, 3.63) is 36.2 Å². The van der Waals surface area contributed by atoms with E-state index in [1.54, 1.807) is 12.2 Å².